The number of carbonyl (C=O) groups is 1. The van der Waals surface area contributed by atoms with Crippen LogP contribution < -0.4 is 10.5 Å². The molecule has 0 aliphatic carbocycles. The summed E-state index contributed by atoms with van der Waals surface area (Å²) in [5.41, 5.74) is 5.07. The van der Waals surface area contributed by atoms with Crippen molar-refractivity contribution in [3.8, 4) is 0 Å². The molecule has 10 heavy (non-hydrogen) atoms. The van der Waals surface area contributed by atoms with Crippen LogP contribution in [0, 0.1) is 0 Å². The highest BCUT2D eigenvalue weighted by molar-refractivity contribution is 7.77. The van der Waals surface area contributed by atoms with Crippen LogP contribution in [0.25, 0.3) is 0 Å². The van der Waals surface area contributed by atoms with Crippen LogP contribution in [0.1, 0.15) is 6.92 Å². The van der Waals surface area contributed by atoms with Gasteiger partial charge >= 0.3 is 0 Å². The minimum absolute atomic E-state index is 0.0106. The van der Waals surface area contributed by atoms with Gasteiger partial charge in [0, 0.05) is 17.8 Å². The zero-order chi connectivity index (χ0) is 8.15. The van der Waals surface area contributed by atoms with Crippen molar-refractivity contribution >= 4 is 17.0 Å². The highest BCUT2D eigenvalue weighted by atomic mass is 32.2. The molecule has 0 amide bonds. The van der Waals surface area contributed by atoms with Crippen LogP contribution in [0.2, 0.25) is 0 Å². The predicted molar refractivity (Wildman–Crippen MR) is 35.6 cm³/mol. The van der Waals surface area contributed by atoms with Gasteiger partial charge in [-0.05, 0) is 6.92 Å². The number of nitrogens with two attached hydrogens (primary N) is 1. The zero-order valence-electron chi connectivity index (χ0n) is 5.49. The summed E-state index contributed by atoms with van der Waals surface area (Å²) < 4.78 is 21.9. The van der Waals surface area contributed by atoms with Crippen LogP contribution in [0.15, 0.2) is 0 Å². The molecule has 0 aromatic rings. The topological polar surface area (TPSA) is 95.2 Å². The van der Waals surface area contributed by atoms with E-state index in [1.165, 1.54) is 6.92 Å². The number of carbonyl (C=O) groups excluding carboxylic acids is 1. The van der Waals surface area contributed by atoms with E-state index in [0.717, 1.165) is 0 Å². The van der Waals surface area contributed by atoms with Crippen LogP contribution in [0.3, 0.4) is 0 Å². The summed E-state index contributed by atoms with van der Waals surface area (Å²) in [6.07, 6.45) is 0. The van der Waals surface area contributed by atoms with Gasteiger partial charge in [-0.15, -0.1) is 0 Å². The van der Waals surface area contributed by atoms with E-state index in [1.54, 1.807) is 0 Å². The van der Waals surface area contributed by atoms with E-state index in [1.807, 2.05) is 4.72 Å². The molecule has 2 atom stereocenters. The third-order valence-electron chi connectivity index (χ3n) is 0.965. The highest BCUT2D eigenvalue weighted by Crippen LogP contribution is 1.82. The Bertz CT molecular complexity index is 149. The van der Waals surface area contributed by atoms with Crippen LogP contribution in [-0.4, -0.2) is 27.1 Å². The Morgan fingerprint density at radius 1 is 1.90 bits per heavy atom. The predicted octanol–water partition coefficient (Wildman–Crippen LogP) is -1.71. The fourth-order valence-corrected chi connectivity index (χ4v) is 0.908. The van der Waals surface area contributed by atoms with Crippen LogP contribution in [0.4, 0.5) is 0 Å². The number of nitrogens with one attached hydrogen (secondary N) is 1. The second-order valence-corrected chi connectivity index (χ2v) is 2.46. The highest BCUT2D eigenvalue weighted by Gasteiger charge is 2.09. The fourth-order valence-electron chi connectivity index (χ4n) is 0.413. The molecule has 5 nitrogen and oxygen atoms in total. The standard InChI is InChI=1S/C4H10N2O3S/c1-3(7)4(2-5)6-10(8)9/h4,6H,2,5H2,1H3,(H,8,9)/p-1. The summed E-state index contributed by atoms with van der Waals surface area (Å²) in [5, 5.41) is 0. The van der Waals surface area contributed by atoms with Gasteiger partial charge in [0.05, 0.1) is 6.04 Å². The van der Waals surface area contributed by atoms with Crippen molar-refractivity contribution < 1.29 is 13.6 Å². The first-order valence-electron chi connectivity index (χ1n) is 2.64. The summed E-state index contributed by atoms with van der Waals surface area (Å²) >= 11 is -2.42. The van der Waals surface area contributed by atoms with Crippen molar-refractivity contribution in [3.63, 3.8) is 0 Å². The molecule has 0 aliphatic rings. The maximum Gasteiger partial charge on any atom is 0.148 e. The molecule has 0 aliphatic heterocycles. The minimum atomic E-state index is -2.42. The van der Waals surface area contributed by atoms with Crippen molar-refractivity contribution in [3.05, 3.63) is 0 Å². The molecule has 0 rings (SSSR count). The number of Topliss-reactive ketones (excluding diaryl/α,β-unsaturated/α-hetero) is 1. The van der Waals surface area contributed by atoms with E-state index in [-0.39, 0.29) is 12.3 Å². The first kappa shape index (κ1) is 9.70. The SMILES string of the molecule is CC(=O)C(CN)NS(=O)[O-]. The second kappa shape index (κ2) is 4.51. The first-order chi connectivity index (χ1) is 4.57. The molecule has 0 spiro atoms. The lowest BCUT2D eigenvalue weighted by Crippen LogP contribution is -2.42. The molecule has 0 heterocycles. The average Bonchev–Trinajstić information content (AvgIpc) is 1.81. The second-order valence-electron chi connectivity index (χ2n) is 1.75. The van der Waals surface area contributed by atoms with E-state index in [4.69, 9.17) is 5.73 Å². The van der Waals surface area contributed by atoms with Gasteiger partial charge in [-0.2, -0.15) is 0 Å². The summed E-state index contributed by atoms with van der Waals surface area (Å²) in [4.78, 5) is 10.5. The van der Waals surface area contributed by atoms with Crippen molar-refractivity contribution in [2.24, 2.45) is 5.73 Å². The van der Waals surface area contributed by atoms with Crippen LogP contribution >= 0.6 is 0 Å². The Morgan fingerprint density at radius 2 is 2.40 bits per heavy atom. The van der Waals surface area contributed by atoms with E-state index >= 15 is 0 Å². The van der Waals surface area contributed by atoms with Crippen LogP contribution in [0.5, 0.6) is 0 Å². The lowest BCUT2D eigenvalue weighted by atomic mass is 10.2. The number of ketones is 1. The van der Waals surface area contributed by atoms with Gasteiger partial charge in [0.25, 0.3) is 0 Å². The Morgan fingerprint density at radius 3 is 2.50 bits per heavy atom. The summed E-state index contributed by atoms with van der Waals surface area (Å²) in [7, 11) is 0. The Balaban J connectivity index is 3.83. The van der Waals surface area contributed by atoms with E-state index < -0.39 is 17.3 Å². The van der Waals surface area contributed by atoms with Gasteiger partial charge in [0.1, 0.15) is 5.78 Å². The third-order valence-corrected chi connectivity index (χ3v) is 1.44. The normalized spacial score (nSPS) is 16.3. The van der Waals surface area contributed by atoms with Crippen molar-refractivity contribution in [2.75, 3.05) is 6.54 Å². The molecule has 0 aromatic carbocycles. The van der Waals surface area contributed by atoms with E-state index in [2.05, 4.69) is 0 Å². The van der Waals surface area contributed by atoms with Gasteiger partial charge in [-0.25, -0.2) is 4.72 Å². The first-order valence-corrected chi connectivity index (χ1v) is 3.71. The van der Waals surface area contributed by atoms with Gasteiger partial charge in [-0.1, -0.05) is 0 Å². The minimum Gasteiger partial charge on any atom is -0.760 e. The van der Waals surface area contributed by atoms with Gasteiger partial charge in [0.15, 0.2) is 0 Å². The van der Waals surface area contributed by atoms with Gasteiger partial charge in [0.2, 0.25) is 0 Å². The lowest BCUT2D eigenvalue weighted by molar-refractivity contribution is -0.118. The molecule has 0 radical (unpaired) electrons. The van der Waals surface area contributed by atoms with Crippen molar-refractivity contribution in [1.82, 2.24) is 4.72 Å². The van der Waals surface area contributed by atoms with E-state index in [0.29, 0.717) is 0 Å². The zero-order valence-corrected chi connectivity index (χ0v) is 6.31. The van der Waals surface area contributed by atoms with Gasteiger partial charge in [-0.3, -0.25) is 9.00 Å². The lowest BCUT2D eigenvalue weighted by Gasteiger charge is -2.14. The maximum absolute atomic E-state index is 10.5. The van der Waals surface area contributed by atoms with Gasteiger partial charge < -0.3 is 10.3 Å². The quantitative estimate of drug-likeness (QED) is 0.485. The molecule has 3 N–H and O–H groups in total. The summed E-state index contributed by atoms with van der Waals surface area (Å²) in [6.45, 7) is 1.26. The molecular weight excluding hydrogens is 156 g/mol. The van der Waals surface area contributed by atoms with Crippen molar-refractivity contribution in [2.45, 2.75) is 13.0 Å². The molecular formula is C4H9N2O3S-. The molecule has 2 unspecified atom stereocenters. The molecule has 0 bridgehead atoms. The Kier molecular flexibility index (Phi) is 4.37. The smallest absolute Gasteiger partial charge is 0.148 e. The molecule has 0 aromatic heterocycles. The van der Waals surface area contributed by atoms with Crippen molar-refractivity contribution in [1.29, 1.82) is 0 Å². The maximum atomic E-state index is 10.5. The Labute approximate surface area is 61.4 Å². The third kappa shape index (κ3) is 3.67. The number of hydrogen-bond acceptors (Lipinski definition) is 4. The van der Waals surface area contributed by atoms with Crippen LogP contribution in [-0.2, 0) is 16.1 Å². The summed E-state index contributed by atoms with van der Waals surface area (Å²) in [6, 6.07) is -0.779. The molecule has 60 valence electrons. The molecule has 6 heteroatoms. The monoisotopic (exact) mass is 165 g/mol. The molecule has 0 saturated heterocycles. The molecule has 0 fully saturated rings. The van der Waals surface area contributed by atoms with E-state index in [9.17, 15) is 13.6 Å². The largest absolute Gasteiger partial charge is 0.760 e. The average molecular weight is 165 g/mol. The number of hydrogen-bond donors (Lipinski definition) is 2. The fraction of sp³-hybridized carbons (Fsp3) is 0.750. The molecule has 0 saturated carbocycles. The number of rotatable bonds is 4. The Hall–Kier alpha value is -0.300. The summed E-state index contributed by atoms with van der Waals surface area (Å²) in [5.74, 6) is -0.285.